The number of para-hydroxylation sites is 9. The van der Waals surface area contributed by atoms with Gasteiger partial charge in [0.05, 0.1) is 66.9 Å². The molecule has 58 heavy (non-hydrogen) atoms. The summed E-state index contributed by atoms with van der Waals surface area (Å²) in [6.45, 7) is 0. The van der Waals surface area contributed by atoms with Crippen molar-refractivity contribution in [1.29, 1.82) is 0 Å². The van der Waals surface area contributed by atoms with Crippen molar-refractivity contribution < 1.29 is 4.42 Å². The molecule has 272 valence electrons. The lowest BCUT2D eigenvalue weighted by atomic mass is 10.1. The molecule has 0 fully saturated rings. The summed E-state index contributed by atoms with van der Waals surface area (Å²) in [6.07, 6.45) is -0.0643. The Morgan fingerprint density at radius 2 is 1.12 bits per heavy atom. The summed E-state index contributed by atoms with van der Waals surface area (Å²) in [4.78, 5) is 10.0. The van der Waals surface area contributed by atoms with Crippen LogP contribution in [-0.2, 0) is 0 Å². The summed E-state index contributed by atoms with van der Waals surface area (Å²) in [5.41, 5.74) is 16.2. The molecule has 14 rings (SSSR count). The second-order valence-electron chi connectivity index (χ2n) is 15.3. The third kappa shape index (κ3) is 3.81. The second-order valence-corrected chi connectivity index (χ2v) is 15.3. The van der Waals surface area contributed by atoms with Gasteiger partial charge in [0.15, 0.2) is 6.29 Å². The van der Waals surface area contributed by atoms with Crippen LogP contribution in [-0.4, -0.2) is 24.8 Å². The van der Waals surface area contributed by atoms with Crippen molar-refractivity contribution in [3.63, 3.8) is 0 Å². The smallest absolute Gasteiger partial charge is 0.220 e. The van der Waals surface area contributed by atoms with Crippen LogP contribution >= 0.6 is 0 Å². The molecule has 0 radical (unpaired) electrons. The summed E-state index contributed by atoms with van der Waals surface area (Å²) >= 11 is 0. The maximum Gasteiger partial charge on any atom is 0.220 e. The van der Waals surface area contributed by atoms with E-state index >= 15 is 0 Å². The molecule has 1 atom stereocenters. The van der Waals surface area contributed by atoms with Gasteiger partial charge < -0.3 is 19.2 Å². The monoisotopic (exact) mass is 745 g/mol. The number of nitrogens with one attached hydrogen (secondary N) is 1. The lowest BCUT2D eigenvalue weighted by Crippen LogP contribution is -2.40. The molecule has 4 aromatic heterocycles. The molecule has 12 aromatic rings. The third-order valence-corrected chi connectivity index (χ3v) is 12.3. The topological polar surface area (TPSA) is 58.8 Å². The fourth-order valence-electron chi connectivity index (χ4n) is 9.97. The highest BCUT2D eigenvalue weighted by molar-refractivity contribution is 6.14. The number of hydrogen-bond donors (Lipinski definition) is 1. The van der Waals surface area contributed by atoms with Crippen LogP contribution in [0.2, 0.25) is 0 Å². The quantitative estimate of drug-likeness (QED) is 0.195. The standard InChI is InChI=1S/C50H31N7O/c1-4-15-37-32(12-1)33-28-31(54-41-18-7-8-19-42(41)55-39-16-5-2-13-35(39)51-49(54)55)24-26-38(33)53(37)30-25-27-46-34(29-30)48-45(22-11-23-47(48)58-46)57-44-21-10-9-20-43(44)56-40-17-6-3-14-36(40)52-50(56)57/h1-29,49,51H. The number of imidazole rings is 2. The van der Waals surface area contributed by atoms with E-state index in [9.17, 15) is 0 Å². The van der Waals surface area contributed by atoms with Crippen molar-refractivity contribution in [3.05, 3.63) is 176 Å². The van der Waals surface area contributed by atoms with E-state index in [1.54, 1.807) is 0 Å². The van der Waals surface area contributed by atoms with Crippen molar-refractivity contribution in [2.24, 2.45) is 0 Å². The van der Waals surface area contributed by atoms with Gasteiger partial charge >= 0.3 is 0 Å². The summed E-state index contributed by atoms with van der Waals surface area (Å²) in [7, 11) is 0. The Morgan fingerprint density at radius 3 is 2.02 bits per heavy atom. The first-order chi connectivity index (χ1) is 28.8. The van der Waals surface area contributed by atoms with Crippen LogP contribution in [0.1, 0.15) is 0 Å². The average molecular weight is 746 g/mol. The number of anilines is 5. The molecular weight excluding hydrogens is 715 g/mol. The predicted molar refractivity (Wildman–Crippen MR) is 236 cm³/mol. The Balaban J connectivity index is 0.974. The molecule has 0 spiro atoms. The first-order valence-corrected chi connectivity index (χ1v) is 19.7. The van der Waals surface area contributed by atoms with Crippen molar-refractivity contribution in [3.8, 4) is 11.4 Å². The number of nitrogens with zero attached hydrogens (tertiary/aromatic N) is 6. The number of aromatic nitrogens is 4. The van der Waals surface area contributed by atoms with E-state index in [2.05, 4.69) is 199 Å². The van der Waals surface area contributed by atoms with Crippen molar-refractivity contribution in [2.45, 2.75) is 6.29 Å². The number of hydrogen-bond acceptors (Lipinski definition) is 5. The van der Waals surface area contributed by atoms with E-state index < -0.39 is 0 Å². The predicted octanol–water partition coefficient (Wildman–Crippen LogP) is 12.4. The molecule has 0 bridgehead atoms. The van der Waals surface area contributed by atoms with Gasteiger partial charge in [-0.25, -0.2) is 4.98 Å². The van der Waals surface area contributed by atoms with Gasteiger partial charge in [-0.3, -0.25) is 13.9 Å². The van der Waals surface area contributed by atoms with Crippen LogP contribution in [0.5, 0.6) is 0 Å². The van der Waals surface area contributed by atoms with E-state index in [4.69, 9.17) is 9.40 Å². The molecule has 2 aliphatic heterocycles. The van der Waals surface area contributed by atoms with E-state index in [0.29, 0.717) is 0 Å². The number of benzene rings is 8. The Morgan fingerprint density at radius 1 is 0.448 bits per heavy atom. The Bertz CT molecular complexity index is 3720. The first kappa shape index (κ1) is 30.3. The molecule has 6 heterocycles. The zero-order chi connectivity index (χ0) is 37.6. The number of fused-ring (bicyclic) bond motifs is 16. The minimum Gasteiger partial charge on any atom is -0.456 e. The Kier molecular flexibility index (Phi) is 5.67. The van der Waals surface area contributed by atoms with Crippen molar-refractivity contribution >= 4 is 100 Å². The van der Waals surface area contributed by atoms with Gasteiger partial charge in [0, 0.05) is 27.5 Å². The van der Waals surface area contributed by atoms with Crippen LogP contribution in [0.3, 0.4) is 0 Å². The molecular formula is C50H31N7O. The average Bonchev–Trinajstić information content (AvgIpc) is 4.11. The molecule has 2 aliphatic rings. The lowest BCUT2D eigenvalue weighted by molar-refractivity contribution is 0.669. The summed E-state index contributed by atoms with van der Waals surface area (Å²) in [5.74, 6) is 0.874. The highest BCUT2D eigenvalue weighted by atomic mass is 16.3. The van der Waals surface area contributed by atoms with E-state index in [1.165, 1.54) is 27.8 Å². The Hall–Kier alpha value is -7.97. The van der Waals surface area contributed by atoms with E-state index in [-0.39, 0.29) is 6.29 Å². The zero-order valence-electron chi connectivity index (χ0n) is 30.9. The van der Waals surface area contributed by atoms with Gasteiger partial charge in [-0.1, -0.05) is 72.8 Å². The molecule has 0 saturated heterocycles. The van der Waals surface area contributed by atoms with Crippen LogP contribution in [0.25, 0.3) is 83.0 Å². The SMILES string of the molecule is c1ccc2c(c1)NC1N(c3ccc4c(c3)c3ccccc3n4-c3ccc4oc5cccc(-n6c7ccccc7n7c8ccccc8nc67)c5c4c3)c3ccccc3N21. The van der Waals surface area contributed by atoms with Crippen LogP contribution in [0.15, 0.2) is 180 Å². The van der Waals surface area contributed by atoms with E-state index in [0.717, 1.165) is 83.6 Å². The van der Waals surface area contributed by atoms with Gasteiger partial charge in [-0.15, -0.1) is 0 Å². The fourth-order valence-corrected chi connectivity index (χ4v) is 9.97. The zero-order valence-corrected chi connectivity index (χ0v) is 30.9. The maximum atomic E-state index is 6.62. The van der Waals surface area contributed by atoms with Gasteiger partial charge in [-0.2, -0.15) is 0 Å². The molecule has 8 aromatic carbocycles. The highest BCUT2D eigenvalue weighted by Crippen LogP contribution is 2.53. The number of furan rings is 1. The third-order valence-electron chi connectivity index (χ3n) is 12.3. The van der Waals surface area contributed by atoms with Gasteiger partial charge in [-0.05, 0) is 103 Å². The molecule has 0 saturated carbocycles. The summed E-state index contributed by atoms with van der Waals surface area (Å²) in [5, 5.41) is 8.32. The van der Waals surface area contributed by atoms with E-state index in [1.807, 2.05) is 6.07 Å². The second kappa shape index (κ2) is 10.9. The van der Waals surface area contributed by atoms with Gasteiger partial charge in [0.25, 0.3) is 0 Å². The Labute approximate surface area is 330 Å². The van der Waals surface area contributed by atoms with Gasteiger partial charge in [0.1, 0.15) is 11.2 Å². The first-order valence-electron chi connectivity index (χ1n) is 19.7. The molecule has 8 heteroatoms. The highest BCUT2D eigenvalue weighted by Gasteiger charge is 2.42. The van der Waals surface area contributed by atoms with Crippen LogP contribution in [0.4, 0.5) is 28.4 Å². The maximum absolute atomic E-state index is 6.62. The van der Waals surface area contributed by atoms with Gasteiger partial charge in [0.2, 0.25) is 5.78 Å². The summed E-state index contributed by atoms with van der Waals surface area (Å²) in [6, 6.07) is 62.8. The molecule has 1 N–H and O–H groups in total. The number of rotatable bonds is 3. The van der Waals surface area contributed by atoms with Crippen LogP contribution < -0.4 is 15.1 Å². The minimum absolute atomic E-state index is 0.0643. The molecule has 0 aliphatic carbocycles. The molecule has 0 amide bonds. The molecule has 1 unspecified atom stereocenters. The van der Waals surface area contributed by atoms with Crippen molar-refractivity contribution in [2.75, 3.05) is 15.1 Å². The van der Waals surface area contributed by atoms with Crippen LogP contribution in [0, 0.1) is 0 Å². The largest absolute Gasteiger partial charge is 0.456 e. The van der Waals surface area contributed by atoms with Crippen molar-refractivity contribution in [1.82, 2.24) is 18.5 Å². The lowest BCUT2D eigenvalue weighted by Gasteiger charge is -2.28. The summed E-state index contributed by atoms with van der Waals surface area (Å²) < 4.78 is 13.6. The normalized spacial score (nSPS) is 14.8. The molecule has 8 nitrogen and oxygen atoms in total. The minimum atomic E-state index is -0.0643. The fraction of sp³-hybridized carbons (Fsp3) is 0.0200.